The van der Waals surface area contributed by atoms with Crippen molar-refractivity contribution in [3.05, 3.63) is 266 Å². The van der Waals surface area contributed by atoms with E-state index >= 15 is 0 Å². The van der Waals surface area contributed by atoms with Crippen LogP contribution in [0.3, 0.4) is 0 Å². The van der Waals surface area contributed by atoms with Gasteiger partial charge in [0.15, 0.2) is 0 Å². The molecule has 0 radical (unpaired) electrons. The summed E-state index contributed by atoms with van der Waals surface area (Å²) in [7, 11) is 2.30. The van der Waals surface area contributed by atoms with E-state index < -0.39 is 0 Å². The first-order valence-corrected chi connectivity index (χ1v) is 46.7. The number of phenols is 5. The third kappa shape index (κ3) is 33.5. The van der Waals surface area contributed by atoms with Crippen LogP contribution in [0.5, 0.6) is 28.7 Å². The summed E-state index contributed by atoms with van der Waals surface area (Å²) < 4.78 is 0. The zero-order valence-corrected chi connectivity index (χ0v) is 82.2. The van der Waals surface area contributed by atoms with Gasteiger partial charge in [0.1, 0.15) is 28.7 Å². The number of phenolic OH excluding ortho intramolecular Hbond substituents is 5. The van der Waals surface area contributed by atoms with Gasteiger partial charge in [-0.3, -0.25) is 0 Å². The SMILES string of the molecule is CC(C)(C)NCc1ccccc1Pc1cc(C(C)(C)C)cc(C(C)(C)C)c1O.Cc1cc(C(C)(C)C)cc(Pc2ccccc2CNC(C)(C)C)c1O.Cc1ccc(O)c(Pc2c(C)cccc2CNC(C)(C)C)c1.Cc1cccc(CNC(C)(C)C)c1Pc1ccccc1O.Cc1cccc(Pc2c(C)cccc2CNC(C)(C)C)c1O. The molecule has 0 aromatic heterocycles. The summed E-state index contributed by atoms with van der Waals surface area (Å²) in [4.78, 5) is 0. The fourth-order valence-corrected chi connectivity index (χ4v) is 19.1. The zero-order valence-electron chi connectivity index (χ0n) is 77.2. The van der Waals surface area contributed by atoms with Crippen LogP contribution in [0.15, 0.2) is 188 Å². The summed E-state index contributed by atoms with van der Waals surface area (Å²) in [5, 5.41) is 81.7. The van der Waals surface area contributed by atoms with Gasteiger partial charge in [-0.15, -0.1) is 0 Å². The Bertz CT molecular complexity index is 4850. The first-order chi connectivity index (χ1) is 54.6. The molecule has 0 aliphatic rings. The first kappa shape index (κ1) is 100.0. The minimum absolute atomic E-state index is 0.0419. The Balaban J connectivity index is 0.000000230. The summed E-state index contributed by atoms with van der Waals surface area (Å²) in [5.74, 6) is 2.09. The highest BCUT2D eigenvalue weighted by atomic mass is 31.1. The number of nitrogens with one attached hydrogen (secondary N) is 5. The van der Waals surface area contributed by atoms with Crippen molar-refractivity contribution < 1.29 is 25.5 Å². The minimum atomic E-state index is -0.0993. The second-order valence-electron chi connectivity index (χ2n) is 39.7. The molecule has 0 saturated heterocycles. The molecule has 10 N–H and O–H groups in total. The van der Waals surface area contributed by atoms with Gasteiger partial charge >= 0.3 is 0 Å². The van der Waals surface area contributed by atoms with Gasteiger partial charge in [-0.1, -0.05) is 269 Å². The number of benzene rings is 10. The van der Waals surface area contributed by atoms with Crippen LogP contribution in [0.2, 0.25) is 0 Å². The lowest BCUT2D eigenvalue weighted by atomic mass is 9.80. The minimum Gasteiger partial charge on any atom is -0.507 e. The fourth-order valence-electron chi connectivity index (χ4n) is 12.4. The van der Waals surface area contributed by atoms with E-state index in [0.29, 0.717) is 71.7 Å². The predicted molar refractivity (Wildman–Crippen MR) is 528 cm³/mol. The van der Waals surface area contributed by atoms with Crippen molar-refractivity contribution in [2.45, 2.75) is 284 Å². The predicted octanol–water partition coefficient (Wildman–Crippen LogP) is 20.3. The molecule has 0 saturated carbocycles. The molecular formula is C103H146N5O5P5. The third-order valence-corrected chi connectivity index (χ3v) is 27.5. The second-order valence-corrected chi connectivity index (χ2v) is 46.2. The van der Waals surface area contributed by atoms with E-state index in [1.165, 1.54) is 87.7 Å². The van der Waals surface area contributed by atoms with Crippen molar-refractivity contribution in [1.29, 1.82) is 0 Å². The van der Waals surface area contributed by atoms with Crippen LogP contribution in [0.25, 0.3) is 0 Å². The summed E-state index contributed by atoms with van der Waals surface area (Å²) in [5.41, 5.74) is 17.5. The summed E-state index contributed by atoms with van der Waals surface area (Å²) in [6, 6.07) is 64.5. The van der Waals surface area contributed by atoms with Crippen molar-refractivity contribution in [2.75, 3.05) is 0 Å². The Morgan fingerprint density at radius 2 is 0.542 bits per heavy atom. The molecule has 0 fully saturated rings. The maximum absolute atomic E-state index is 11.1. The summed E-state index contributed by atoms with van der Waals surface area (Å²) >= 11 is 0. The van der Waals surface area contributed by atoms with Crippen LogP contribution in [0, 0.1) is 41.5 Å². The van der Waals surface area contributed by atoms with Gasteiger partial charge in [0.2, 0.25) is 0 Å². The van der Waals surface area contributed by atoms with E-state index in [0.717, 1.165) is 75.9 Å². The second kappa shape index (κ2) is 43.3. The van der Waals surface area contributed by atoms with Gasteiger partial charge in [-0.25, -0.2) is 0 Å². The normalized spacial score (nSPS) is 12.7. The maximum Gasteiger partial charge on any atom is 0.127 e. The largest absolute Gasteiger partial charge is 0.507 e. The highest BCUT2D eigenvalue weighted by molar-refractivity contribution is 7.57. The molecule has 118 heavy (non-hydrogen) atoms. The first-order valence-electron chi connectivity index (χ1n) is 41.7. The molecule has 638 valence electrons. The van der Waals surface area contributed by atoms with E-state index in [2.05, 4.69) is 354 Å². The number of rotatable bonds is 20. The van der Waals surface area contributed by atoms with E-state index in [9.17, 15) is 25.5 Å². The molecule has 0 bridgehead atoms. The lowest BCUT2D eigenvalue weighted by molar-refractivity contribution is 0.424. The summed E-state index contributed by atoms with van der Waals surface area (Å²) in [6.45, 7) is 69.2. The lowest BCUT2D eigenvalue weighted by Gasteiger charge is -2.28. The quantitative estimate of drug-likeness (QED) is 0.0333. The van der Waals surface area contributed by atoms with Crippen molar-refractivity contribution in [1.82, 2.24) is 26.6 Å². The monoisotopic (exact) mass is 1690 g/mol. The molecule has 0 aliphatic heterocycles. The molecule has 0 spiro atoms. The van der Waals surface area contributed by atoms with Crippen molar-refractivity contribution in [2.24, 2.45) is 0 Å². The van der Waals surface area contributed by atoms with Crippen LogP contribution >= 0.6 is 42.9 Å². The molecule has 5 unspecified atom stereocenters. The average Bonchev–Trinajstić information content (AvgIpc) is 0.772. The van der Waals surface area contributed by atoms with E-state index in [-0.39, 0.29) is 43.9 Å². The molecule has 0 amide bonds. The smallest absolute Gasteiger partial charge is 0.127 e. The zero-order chi connectivity index (χ0) is 88.3. The van der Waals surface area contributed by atoms with Crippen LogP contribution in [0.4, 0.5) is 0 Å². The van der Waals surface area contributed by atoms with Gasteiger partial charge < -0.3 is 52.1 Å². The molecule has 10 aromatic rings. The Kier molecular flexibility index (Phi) is 36.7. The molecule has 10 nitrogen and oxygen atoms in total. The van der Waals surface area contributed by atoms with Crippen LogP contribution in [-0.2, 0) is 49.0 Å². The van der Waals surface area contributed by atoms with Crippen molar-refractivity contribution in [3.8, 4) is 28.7 Å². The number of aryl methyl sites for hydroxylation is 6. The van der Waals surface area contributed by atoms with Crippen LogP contribution < -0.4 is 79.6 Å². The van der Waals surface area contributed by atoms with Gasteiger partial charge in [0.25, 0.3) is 0 Å². The molecular weight excluding hydrogens is 1540 g/mol. The highest BCUT2D eigenvalue weighted by Crippen LogP contribution is 2.38. The lowest BCUT2D eigenvalue weighted by Crippen LogP contribution is -2.36. The topological polar surface area (TPSA) is 161 Å². The van der Waals surface area contributed by atoms with Gasteiger partial charge in [-0.2, -0.15) is 0 Å². The van der Waals surface area contributed by atoms with Crippen molar-refractivity contribution >= 4 is 95.9 Å². The van der Waals surface area contributed by atoms with E-state index in [1.54, 1.807) is 12.1 Å². The van der Waals surface area contributed by atoms with E-state index in [4.69, 9.17) is 0 Å². The van der Waals surface area contributed by atoms with Gasteiger partial charge in [0.05, 0.1) is 0 Å². The summed E-state index contributed by atoms with van der Waals surface area (Å²) in [6.07, 6.45) is 0. The average molecular weight is 1690 g/mol. The maximum atomic E-state index is 11.1. The molecule has 10 rings (SSSR count). The molecule has 15 heteroatoms. The Hall–Kier alpha value is -6.85. The Morgan fingerprint density at radius 3 is 0.932 bits per heavy atom. The molecule has 0 aliphatic carbocycles. The number of hydrogen-bond donors (Lipinski definition) is 10. The third-order valence-electron chi connectivity index (χ3n) is 19.7. The Labute approximate surface area is 722 Å². The van der Waals surface area contributed by atoms with Crippen LogP contribution in [0.1, 0.15) is 244 Å². The van der Waals surface area contributed by atoms with Gasteiger partial charge in [0, 0.05) is 92.5 Å². The highest BCUT2D eigenvalue weighted by Gasteiger charge is 2.27. The number of hydrogen-bond acceptors (Lipinski definition) is 10. The van der Waals surface area contributed by atoms with Crippen molar-refractivity contribution in [3.63, 3.8) is 0 Å². The number of aromatic hydroxyl groups is 5. The fraction of sp³-hybridized carbons (Fsp3) is 0.417. The standard InChI is InChI=1S/C25H38NOP.C22H32NOP.2C19H26NOP.C18H24NOP/c1-23(2,3)18-14-19(24(4,5)6)22(27)21(15-18)28-20-13-11-10-12-17(20)16-26-25(7,8)9;1-15-12-17(21(2,3)4)13-19(20(15)24)25-18-11-9-8-10-16(18)14-23-22(5,6)7;1-13-8-7-11-16(17(13)21)22-18-14(2)9-6-10-15(18)12-20-19(3,4)5;1-13-9-10-16(21)17(11-13)22-18-14(2)7-6-8-15(18)12-20-19(3,4)5;1-13-8-7-9-14(12-19-18(2,3)4)17(13)21-16-11-6-5-10-15(16)20/h10-15,26-28H,16H2,1-9H3;8-13,23-25H,14H2,1-7H3;2*6-11,20-22H,12H2,1-5H3;5-11,19-21H,12H2,1-4H3. The molecule has 10 aromatic carbocycles. The van der Waals surface area contributed by atoms with E-state index in [1.807, 2.05) is 56.3 Å². The molecule has 0 heterocycles. The number of para-hydroxylation sites is 2. The molecule has 5 atom stereocenters. The Morgan fingerprint density at radius 1 is 0.237 bits per heavy atom. The van der Waals surface area contributed by atoms with Gasteiger partial charge in [-0.05, 0) is 285 Å². The van der Waals surface area contributed by atoms with Crippen LogP contribution in [-0.4, -0.2) is 53.2 Å².